The highest BCUT2D eigenvalue weighted by molar-refractivity contribution is 5.83. The van der Waals surface area contributed by atoms with Crippen molar-refractivity contribution in [2.75, 3.05) is 5.73 Å². The molecule has 0 saturated heterocycles. The predicted octanol–water partition coefficient (Wildman–Crippen LogP) is 2.34. The third kappa shape index (κ3) is 5.17. The lowest BCUT2D eigenvalue weighted by atomic mass is 10.2. The van der Waals surface area contributed by atoms with Gasteiger partial charge in [0, 0.05) is 29.7 Å². The SMILES string of the molecule is CC(C)N=CC=C(N)c1cnc(N)c(OC(F)(F)F)c1. The summed E-state index contributed by atoms with van der Waals surface area (Å²) >= 11 is 0. The number of halogens is 3. The molecule has 0 atom stereocenters. The summed E-state index contributed by atoms with van der Waals surface area (Å²) in [7, 11) is 0. The summed E-state index contributed by atoms with van der Waals surface area (Å²) in [4.78, 5) is 7.67. The Morgan fingerprint density at radius 2 is 2.10 bits per heavy atom. The first kappa shape index (κ1) is 15.8. The van der Waals surface area contributed by atoms with Crippen LogP contribution >= 0.6 is 0 Å². The quantitative estimate of drug-likeness (QED) is 0.832. The van der Waals surface area contributed by atoms with Crippen LogP contribution in [-0.4, -0.2) is 23.6 Å². The molecular formula is C12H15F3N4O. The summed E-state index contributed by atoms with van der Waals surface area (Å²) in [6.45, 7) is 3.75. The van der Waals surface area contributed by atoms with Gasteiger partial charge in [0.1, 0.15) is 0 Å². The number of nitrogens with two attached hydrogens (primary N) is 2. The van der Waals surface area contributed by atoms with Crippen molar-refractivity contribution in [2.45, 2.75) is 26.3 Å². The second-order valence-corrected chi connectivity index (χ2v) is 4.17. The number of aliphatic imine (C=N–C) groups is 1. The van der Waals surface area contributed by atoms with E-state index >= 15 is 0 Å². The summed E-state index contributed by atoms with van der Waals surface area (Å²) in [5.74, 6) is -0.957. The lowest BCUT2D eigenvalue weighted by molar-refractivity contribution is -0.274. The van der Waals surface area contributed by atoms with Gasteiger partial charge in [-0.3, -0.25) is 4.99 Å². The molecule has 0 amide bonds. The first-order chi connectivity index (χ1) is 9.19. The predicted molar refractivity (Wildman–Crippen MR) is 71.1 cm³/mol. The minimum Gasteiger partial charge on any atom is -0.402 e. The molecule has 0 saturated carbocycles. The number of pyridine rings is 1. The number of rotatable bonds is 4. The smallest absolute Gasteiger partial charge is 0.402 e. The van der Waals surface area contributed by atoms with E-state index in [1.54, 1.807) is 0 Å². The zero-order valence-electron chi connectivity index (χ0n) is 11.0. The molecule has 5 nitrogen and oxygen atoms in total. The monoisotopic (exact) mass is 288 g/mol. The van der Waals surface area contributed by atoms with Gasteiger partial charge in [-0.05, 0) is 26.0 Å². The fourth-order valence-corrected chi connectivity index (χ4v) is 1.21. The molecule has 1 rings (SSSR count). The summed E-state index contributed by atoms with van der Waals surface area (Å²) in [6.07, 6.45) is -0.648. The maximum atomic E-state index is 12.2. The molecule has 0 aliphatic heterocycles. The normalized spacial score (nSPS) is 13.2. The summed E-state index contributed by atoms with van der Waals surface area (Å²) in [6, 6.07) is 1.16. The average molecular weight is 288 g/mol. The number of ether oxygens (including phenoxy) is 1. The van der Waals surface area contributed by atoms with Gasteiger partial charge in [0.25, 0.3) is 0 Å². The molecule has 0 spiro atoms. The molecule has 0 aliphatic rings. The Kier molecular flexibility index (Phi) is 4.95. The van der Waals surface area contributed by atoms with Crippen molar-refractivity contribution in [2.24, 2.45) is 10.7 Å². The maximum absolute atomic E-state index is 12.2. The van der Waals surface area contributed by atoms with Crippen molar-refractivity contribution in [1.82, 2.24) is 4.98 Å². The van der Waals surface area contributed by atoms with Crippen LogP contribution in [0.25, 0.3) is 5.70 Å². The zero-order valence-corrected chi connectivity index (χ0v) is 11.0. The van der Waals surface area contributed by atoms with Crippen molar-refractivity contribution in [3.05, 3.63) is 23.9 Å². The number of hydrogen-bond acceptors (Lipinski definition) is 5. The van der Waals surface area contributed by atoms with Crippen LogP contribution in [0.1, 0.15) is 19.4 Å². The molecule has 1 aromatic rings. The van der Waals surface area contributed by atoms with Gasteiger partial charge in [0.2, 0.25) is 0 Å². The number of anilines is 1. The molecule has 0 unspecified atom stereocenters. The van der Waals surface area contributed by atoms with Crippen LogP contribution in [0.15, 0.2) is 23.3 Å². The van der Waals surface area contributed by atoms with E-state index in [1.807, 2.05) is 13.8 Å². The Morgan fingerprint density at radius 1 is 1.45 bits per heavy atom. The van der Waals surface area contributed by atoms with E-state index in [2.05, 4.69) is 14.7 Å². The molecule has 0 radical (unpaired) electrons. The second kappa shape index (κ2) is 6.27. The summed E-state index contributed by atoms with van der Waals surface area (Å²) in [5, 5.41) is 0. The van der Waals surface area contributed by atoms with Gasteiger partial charge in [-0.25, -0.2) is 4.98 Å². The van der Waals surface area contributed by atoms with E-state index in [0.29, 0.717) is 0 Å². The molecule has 110 valence electrons. The van der Waals surface area contributed by atoms with Gasteiger partial charge in [-0.15, -0.1) is 13.2 Å². The molecule has 0 fully saturated rings. The van der Waals surface area contributed by atoms with Gasteiger partial charge in [0.15, 0.2) is 11.6 Å². The van der Waals surface area contributed by atoms with Crippen LogP contribution < -0.4 is 16.2 Å². The Morgan fingerprint density at radius 3 is 2.65 bits per heavy atom. The third-order valence-corrected chi connectivity index (χ3v) is 2.08. The second-order valence-electron chi connectivity index (χ2n) is 4.17. The molecule has 20 heavy (non-hydrogen) atoms. The van der Waals surface area contributed by atoms with Crippen LogP contribution in [-0.2, 0) is 0 Å². The largest absolute Gasteiger partial charge is 0.573 e. The van der Waals surface area contributed by atoms with Crippen molar-refractivity contribution in [3.63, 3.8) is 0 Å². The van der Waals surface area contributed by atoms with Crippen LogP contribution in [0.4, 0.5) is 19.0 Å². The van der Waals surface area contributed by atoms with Crippen LogP contribution in [0.3, 0.4) is 0 Å². The van der Waals surface area contributed by atoms with E-state index in [0.717, 1.165) is 6.07 Å². The molecule has 0 bridgehead atoms. The lowest BCUT2D eigenvalue weighted by Gasteiger charge is -2.11. The number of hydrogen-bond donors (Lipinski definition) is 2. The minimum absolute atomic E-state index is 0.0905. The Hall–Kier alpha value is -2.25. The van der Waals surface area contributed by atoms with E-state index in [4.69, 9.17) is 11.5 Å². The van der Waals surface area contributed by atoms with Crippen molar-refractivity contribution >= 4 is 17.7 Å². The molecule has 4 N–H and O–H groups in total. The Bertz CT molecular complexity index is 524. The topological polar surface area (TPSA) is 86.5 Å². The van der Waals surface area contributed by atoms with E-state index < -0.39 is 12.1 Å². The van der Waals surface area contributed by atoms with Gasteiger partial charge in [-0.1, -0.05) is 0 Å². The van der Waals surface area contributed by atoms with Crippen LogP contribution in [0.5, 0.6) is 5.75 Å². The van der Waals surface area contributed by atoms with Gasteiger partial charge >= 0.3 is 6.36 Å². The van der Waals surface area contributed by atoms with Crippen molar-refractivity contribution in [3.8, 4) is 5.75 Å². The number of allylic oxidation sites excluding steroid dienone is 1. The maximum Gasteiger partial charge on any atom is 0.573 e. The molecule has 1 aromatic heterocycles. The van der Waals surface area contributed by atoms with Gasteiger partial charge in [-0.2, -0.15) is 0 Å². The van der Waals surface area contributed by atoms with Crippen LogP contribution in [0, 0.1) is 0 Å². The zero-order chi connectivity index (χ0) is 15.3. The van der Waals surface area contributed by atoms with E-state index in [1.165, 1.54) is 18.5 Å². The first-order valence-electron chi connectivity index (χ1n) is 5.69. The Labute approximate surface area is 114 Å². The van der Waals surface area contributed by atoms with E-state index in [9.17, 15) is 13.2 Å². The number of aromatic nitrogens is 1. The summed E-state index contributed by atoms with van der Waals surface area (Å²) in [5.41, 5.74) is 11.5. The fraction of sp³-hybridized carbons (Fsp3) is 0.333. The van der Waals surface area contributed by atoms with Crippen LogP contribution in [0.2, 0.25) is 0 Å². The highest BCUT2D eigenvalue weighted by Gasteiger charge is 2.32. The third-order valence-electron chi connectivity index (χ3n) is 2.08. The number of nitrogens with zero attached hydrogens (tertiary/aromatic N) is 2. The molecule has 8 heteroatoms. The first-order valence-corrected chi connectivity index (χ1v) is 5.69. The lowest BCUT2D eigenvalue weighted by Crippen LogP contribution is -2.18. The number of alkyl halides is 3. The van der Waals surface area contributed by atoms with Gasteiger partial charge in [0.05, 0.1) is 0 Å². The van der Waals surface area contributed by atoms with Gasteiger partial charge < -0.3 is 16.2 Å². The minimum atomic E-state index is -4.84. The highest BCUT2D eigenvalue weighted by Crippen LogP contribution is 2.28. The molecule has 0 aromatic carbocycles. The molecule has 1 heterocycles. The number of nitrogen functional groups attached to an aromatic ring is 1. The molecular weight excluding hydrogens is 273 g/mol. The summed E-state index contributed by atoms with van der Waals surface area (Å²) < 4.78 is 40.3. The highest BCUT2D eigenvalue weighted by atomic mass is 19.4. The Balaban J connectivity index is 3.00. The van der Waals surface area contributed by atoms with E-state index in [-0.39, 0.29) is 23.1 Å². The average Bonchev–Trinajstić information content (AvgIpc) is 2.29. The molecule has 0 aliphatic carbocycles. The fourth-order valence-electron chi connectivity index (χ4n) is 1.21. The van der Waals surface area contributed by atoms with Crippen molar-refractivity contribution < 1.29 is 17.9 Å². The van der Waals surface area contributed by atoms with Crippen molar-refractivity contribution in [1.29, 1.82) is 0 Å². The standard InChI is InChI=1S/C12H15F3N4O/c1-7(2)18-4-3-9(16)8-5-10(11(17)19-6-8)20-12(13,14)15/h3-7H,16H2,1-2H3,(H2,17,19).